The molecule has 0 aliphatic rings. The molecule has 67 heavy (non-hydrogen) atoms. The quantitative estimate of drug-likeness (QED) is 0.0321. The minimum atomic E-state index is -0.852. The van der Waals surface area contributed by atoms with Crippen molar-refractivity contribution in [3.8, 4) is 0 Å². The van der Waals surface area contributed by atoms with E-state index in [1.165, 1.54) is 244 Å². The fourth-order valence-corrected chi connectivity index (χ4v) is 9.34. The number of hydrogen-bond donors (Lipinski definition) is 3. The van der Waals surface area contributed by atoms with Crippen molar-refractivity contribution in [2.75, 3.05) is 13.2 Å². The van der Waals surface area contributed by atoms with Gasteiger partial charge < -0.3 is 20.3 Å². The topological polar surface area (TPSA) is 95.9 Å². The van der Waals surface area contributed by atoms with Gasteiger partial charge in [-0.05, 0) is 57.8 Å². The molecule has 1 amide bonds. The Balaban J connectivity index is 3.48. The summed E-state index contributed by atoms with van der Waals surface area (Å²) in [6, 6.07) is -0.637. The average Bonchev–Trinajstić information content (AvgIpc) is 3.33. The summed E-state index contributed by atoms with van der Waals surface area (Å²) in [7, 11) is 0. The molecule has 3 N–H and O–H groups in total. The van der Waals surface area contributed by atoms with Gasteiger partial charge in [0.15, 0.2) is 0 Å². The summed E-state index contributed by atoms with van der Waals surface area (Å²) in [6.07, 6.45) is 69.2. The van der Waals surface area contributed by atoms with E-state index in [-0.39, 0.29) is 18.5 Å². The number of rotatable bonds is 56. The largest absolute Gasteiger partial charge is 0.466 e. The fraction of sp³-hybridized carbons (Fsp3) is 0.902. The molecule has 2 atom stereocenters. The van der Waals surface area contributed by atoms with Crippen molar-refractivity contribution in [3.05, 3.63) is 24.3 Å². The highest BCUT2D eigenvalue weighted by Crippen LogP contribution is 2.17. The molecule has 6 heteroatoms. The number of carbonyl (C=O) groups excluding carboxylic acids is 2. The number of aliphatic hydroxyl groups is 2. The van der Waals surface area contributed by atoms with Crippen molar-refractivity contribution in [2.45, 2.75) is 341 Å². The Hall–Kier alpha value is -1.66. The molecule has 0 heterocycles. The zero-order chi connectivity index (χ0) is 48.6. The molecule has 0 saturated heterocycles. The van der Waals surface area contributed by atoms with E-state index in [9.17, 15) is 19.8 Å². The molecule has 2 unspecified atom stereocenters. The maximum Gasteiger partial charge on any atom is 0.305 e. The SMILES string of the molecule is CCCCCCCCCCCCCCCCCCC/C=C/C(O)C(CO)NC(=O)CCCCCCCCC/C=C\CCCCCCCCOC(=O)CCCCCCCCCCCCCCCC. The Bertz CT molecular complexity index is 1040. The van der Waals surface area contributed by atoms with E-state index in [0.29, 0.717) is 19.4 Å². The van der Waals surface area contributed by atoms with E-state index < -0.39 is 12.1 Å². The van der Waals surface area contributed by atoms with Crippen molar-refractivity contribution in [1.82, 2.24) is 5.32 Å². The van der Waals surface area contributed by atoms with Crippen LogP contribution < -0.4 is 5.32 Å². The van der Waals surface area contributed by atoms with Crippen LogP contribution in [0.3, 0.4) is 0 Å². The van der Waals surface area contributed by atoms with Gasteiger partial charge in [-0.2, -0.15) is 0 Å². The van der Waals surface area contributed by atoms with Gasteiger partial charge in [0.05, 0.1) is 25.4 Å². The molecule has 6 nitrogen and oxygen atoms in total. The van der Waals surface area contributed by atoms with Gasteiger partial charge in [-0.1, -0.05) is 282 Å². The van der Waals surface area contributed by atoms with Gasteiger partial charge in [0.25, 0.3) is 0 Å². The monoisotopic (exact) mass is 944 g/mol. The van der Waals surface area contributed by atoms with E-state index in [2.05, 4.69) is 31.3 Å². The minimum absolute atomic E-state index is 0.000105. The molecule has 396 valence electrons. The summed E-state index contributed by atoms with van der Waals surface area (Å²) < 4.78 is 5.47. The van der Waals surface area contributed by atoms with Crippen molar-refractivity contribution in [2.24, 2.45) is 0 Å². The number of carbonyl (C=O) groups is 2. The molecule has 0 aromatic heterocycles. The Morgan fingerprint density at radius 1 is 0.403 bits per heavy atom. The lowest BCUT2D eigenvalue weighted by Gasteiger charge is -2.20. The van der Waals surface area contributed by atoms with Crippen LogP contribution in [-0.4, -0.2) is 47.4 Å². The molecule has 0 aromatic carbocycles. The lowest BCUT2D eigenvalue weighted by atomic mass is 10.0. The summed E-state index contributed by atoms with van der Waals surface area (Å²) in [5.74, 6) is -0.0776. The van der Waals surface area contributed by atoms with Crippen LogP contribution >= 0.6 is 0 Å². The predicted molar refractivity (Wildman–Crippen MR) is 292 cm³/mol. The van der Waals surface area contributed by atoms with Crippen LogP contribution in [0.2, 0.25) is 0 Å². The van der Waals surface area contributed by atoms with Gasteiger partial charge in [-0.25, -0.2) is 0 Å². The Morgan fingerprint density at radius 2 is 0.701 bits per heavy atom. The molecule has 0 spiro atoms. The lowest BCUT2D eigenvalue weighted by molar-refractivity contribution is -0.143. The van der Waals surface area contributed by atoms with Crippen LogP contribution in [0, 0.1) is 0 Å². The Kier molecular flexibility index (Phi) is 55.5. The van der Waals surface area contributed by atoms with Crippen LogP contribution in [0.15, 0.2) is 24.3 Å². The first-order valence-electron chi connectivity index (χ1n) is 30.1. The van der Waals surface area contributed by atoms with Gasteiger partial charge in [-0.15, -0.1) is 0 Å². The number of allylic oxidation sites excluding steroid dienone is 3. The summed E-state index contributed by atoms with van der Waals surface area (Å²) in [6.45, 7) is 4.90. The van der Waals surface area contributed by atoms with Crippen LogP contribution in [0.25, 0.3) is 0 Å². The number of amides is 1. The fourth-order valence-electron chi connectivity index (χ4n) is 9.34. The van der Waals surface area contributed by atoms with Crippen LogP contribution in [0.1, 0.15) is 328 Å². The number of hydrogen-bond acceptors (Lipinski definition) is 5. The summed E-state index contributed by atoms with van der Waals surface area (Å²) >= 11 is 0. The summed E-state index contributed by atoms with van der Waals surface area (Å²) in [4.78, 5) is 24.5. The number of esters is 1. The molecule has 0 aliphatic heterocycles. The van der Waals surface area contributed by atoms with Crippen molar-refractivity contribution in [3.63, 3.8) is 0 Å². The first-order chi connectivity index (χ1) is 33.0. The molecule has 0 bridgehead atoms. The predicted octanol–water partition coefficient (Wildman–Crippen LogP) is 18.6. The third-order valence-electron chi connectivity index (χ3n) is 14.0. The summed E-state index contributed by atoms with van der Waals surface area (Å²) in [5.41, 5.74) is 0. The molecule has 0 saturated carbocycles. The van der Waals surface area contributed by atoms with Crippen LogP contribution in [0.4, 0.5) is 0 Å². The maximum atomic E-state index is 12.5. The second-order valence-electron chi connectivity index (χ2n) is 20.7. The van der Waals surface area contributed by atoms with Gasteiger partial charge in [-0.3, -0.25) is 9.59 Å². The smallest absolute Gasteiger partial charge is 0.305 e. The van der Waals surface area contributed by atoms with Crippen LogP contribution in [-0.2, 0) is 14.3 Å². The van der Waals surface area contributed by atoms with Crippen molar-refractivity contribution < 1.29 is 24.5 Å². The van der Waals surface area contributed by atoms with E-state index in [1.807, 2.05) is 6.08 Å². The normalized spacial score (nSPS) is 12.7. The molecule has 0 aromatic rings. The second-order valence-corrected chi connectivity index (χ2v) is 20.7. The maximum absolute atomic E-state index is 12.5. The zero-order valence-corrected chi connectivity index (χ0v) is 45.1. The molecule has 0 radical (unpaired) electrons. The molecule has 0 fully saturated rings. The van der Waals surface area contributed by atoms with Gasteiger partial charge in [0, 0.05) is 12.8 Å². The number of aliphatic hydroxyl groups excluding tert-OH is 2. The minimum Gasteiger partial charge on any atom is -0.466 e. The highest BCUT2D eigenvalue weighted by Gasteiger charge is 2.18. The average molecular weight is 945 g/mol. The molecule has 0 rings (SSSR count). The lowest BCUT2D eigenvalue weighted by Crippen LogP contribution is -2.45. The third-order valence-corrected chi connectivity index (χ3v) is 14.0. The zero-order valence-electron chi connectivity index (χ0n) is 45.1. The number of ether oxygens (including phenoxy) is 1. The van der Waals surface area contributed by atoms with Crippen molar-refractivity contribution in [1.29, 1.82) is 0 Å². The van der Waals surface area contributed by atoms with E-state index in [4.69, 9.17) is 4.74 Å². The van der Waals surface area contributed by atoms with Gasteiger partial charge in [0.1, 0.15) is 0 Å². The standard InChI is InChI=1S/C61H117NO5/c1-3-5-7-9-11-13-15-17-19-20-21-23-26-29-33-37-41-45-49-53-59(64)58(57-63)62-60(65)54-50-46-42-38-34-30-27-24-22-25-28-32-36-40-44-48-52-56-67-61(66)55-51-47-43-39-35-31-18-16-14-12-10-8-6-4-2/h22,25,49,53,58-59,63-64H,3-21,23-24,26-48,50-52,54-57H2,1-2H3,(H,62,65)/b25-22-,53-49+. The summed E-state index contributed by atoms with van der Waals surface area (Å²) in [5, 5.41) is 23.2. The third kappa shape index (κ3) is 53.5. The first kappa shape index (κ1) is 65.3. The molecular weight excluding hydrogens is 827 g/mol. The highest BCUT2D eigenvalue weighted by molar-refractivity contribution is 5.76. The molecular formula is C61H117NO5. The Labute approximate surface area is 418 Å². The van der Waals surface area contributed by atoms with E-state index in [0.717, 1.165) is 57.8 Å². The highest BCUT2D eigenvalue weighted by atomic mass is 16.5. The van der Waals surface area contributed by atoms with E-state index >= 15 is 0 Å². The molecule has 0 aliphatic carbocycles. The second kappa shape index (κ2) is 56.9. The Morgan fingerprint density at radius 3 is 1.06 bits per heavy atom. The van der Waals surface area contributed by atoms with E-state index in [1.54, 1.807) is 6.08 Å². The first-order valence-corrected chi connectivity index (χ1v) is 30.1. The van der Waals surface area contributed by atoms with Gasteiger partial charge in [0.2, 0.25) is 5.91 Å². The van der Waals surface area contributed by atoms with Gasteiger partial charge >= 0.3 is 5.97 Å². The van der Waals surface area contributed by atoms with Crippen LogP contribution in [0.5, 0.6) is 0 Å². The number of nitrogens with one attached hydrogen (secondary N) is 1. The number of unbranched alkanes of at least 4 members (excludes halogenated alkanes) is 43. The van der Waals surface area contributed by atoms with Crippen molar-refractivity contribution >= 4 is 11.9 Å².